The number of nitrogens with zero attached hydrogens (tertiary/aromatic N) is 2. The quantitative estimate of drug-likeness (QED) is 0.510. The predicted octanol–water partition coefficient (Wildman–Crippen LogP) is 3.30. The molecule has 2 fully saturated rings. The van der Waals surface area contributed by atoms with Crippen molar-refractivity contribution < 1.29 is 9.47 Å². The summed E-state index contributed by atoms with van der Waals surface area (Å²) in [6, 6.07) is 0. The molecule has 5 nitrogen and oxygen atoms in total. The fourth-order valence-electron chi connectivity index (χ4n) is 4.23. The van der Waals surface area contributed by atoms with Crippen molar-refractivity contribution in [3.05, 3.63) is 0 Å². The van der Waals surface area contributed by atoms with Crippen LogP contribution < -0.4 is 5.32 Å². The molecule has 1 aliphatic heterocycles. The van der Waals surface area contributed by atoms with Crippen LogP contribution in [-0.4, -0.2) is 64.0 Å². The molecule has 0 amide bonds. The Kier molecular flexibility index (Phi) is 9.63. The second-order valence-corrected chi connectivity index (χ2v) is 7.57. The molecule has 0 spiro atoms. The van der Waals surface area contributed by atoms with Crippen molar-refractivity contribution in [2.45, 2.75) is 64.4 Å². The maximum Gasteiger partial charge on any atom is 0.193 e. The average molecular weight is 354 g/mol. The second kappa shape index (κ2) is 11.7. The fourth-order valence-corrected chi connectivity index (χ4v) is 4.23. The summed E-state index contributed by atoms with van der Waals surface area (Å²) in [5, 5.41) is 3.54. The second-order valence-electron chi connectivity index (χ2n) is 7.57. The van der Waals surface area contributed by atoms with E-state index in [1.54, 1.807) is 0 Å². The zero-order valence-electron chi connectivity index (χ0n) is 16.6. The highest BCUT2D eigenvalue weighted by atomic mass is 16.5. The van der Waals surface area contributed by atoms with Crippen molar-refractivity contribution in [3.63, 3.8) is 0 Å². The zero-order chi connectivity index (χ0) is 17.9. The Labute approximate surface area is 154 Å². The molecule has 0 aromatic rings. The molecule has 25 heavy (non-hydrogen) atoms. The summed E-state index contributed by atoms with van der Waals surface area (Å²) >= 11 is 0. The van der Waals surface area contributed by atoms with E-state index in [-0.39, 0.29) is 0 Å². The minimum Gasteiger partial charge on any atom is -0.381 e. The molecular formula is C20H39N3O2. The Morgan fingerprint density at radius 2 is 1.96 bits per heavy atom. The summed E-state index contributed by atoms with van der Waals surface area (Å²) in [5.74, 6) is 2.57. The molecule has 5 heteroatoms. The van der Waals surface area contributed by atoms with E-state index in [0.717, 1.165) is 57.1 Å². The van der Waals surface area contributed by atoms with Crippen LogP contribution in [0.1, 0.15) is 58.3 Å². The van der Waals surface area contributed by atoms with Crippen molar-refractivity contribution in [1.82, 2.24) is 10.2 Å². The summed E-state index contributed by atoms with van der Waals surface area (Å²) in [6.07, 6.45) is 10.5. The van der Waals surface area contributed by atoms with Crippen LogP contribution in [0.15, 0.2) is 4.99 Å². The summed E-state index contributed by atoms with van der Waals surface area (Å²) in [5.41, 5.74) is 0. The van der Waals surface area contributed by atoms with Crippen LogP contribution in [0.25, 0.3) is 0 Å². The molecule has 146 valence electrons. The Bertz CT molecular complexity index is 377. The van der Waals surface area contributed by atoms with Crippen LogP contribution in [0.5, 0.6) is 0 Å². The van der Waals surface area contributed by atoms with Gasteiger partial charge in [-0.15, -0.1) is 0 Å². The molecule has 1 atom stereocenters. The van der Waals surface area contributed by atoms with Gasteiger partial charge in [0.25, 0.3) is 0 Å². The lowest BCUT2D eigenvalue weighted by Crippen LogP contribution is -2.41. The topological polar surface area (TPSA) is 46.1 Å². The third kappa shape index (κ3) is 7.14. The van der Waals surface area contributed by atoms with Gasteiger partial charge in [0.05, 0.1) is 6.10 Å². The lowest BCUT2D eigenvalue weighted by atomic mass is 9.96. The van der Waals surface area contributed by atoms with E-state index in [0.29, 0.717) is 6.10 Å². The van der Waals surface area contributed by atoms with Gasteiger partial charge in [0.2, 0.25) is 0 Å². The lowest BCUT2D eigenvalue weighted by molar-refractivity contribution is 0.0169. The first-order valence-electron chi connectivity index (χ1n) is 10.4. The first-order valence-corrected chi connectivity index (χ1v) is 10.4. The number of hydrogen-bond donors (Lipinski definition) is 1. The molecule has 2 rings (SSSR count). The van der Waals surface area contributed by atoms with Gasteiger partial charge in [-0.2, -0.15) is 0 Å². The van der Waals surface area contributed by atoms with Gasteiger partial charge in [0.1, 0.15) is 0 Å². The molecule has 1 heterocycles. The maximum absolute atomic E-state index is 6.02. The number of guanidine groups is 1. The van der Waals surface area contributed by atoms with Gasteiger partial charge in [0, 0.05) is 47.0 Å². The van der Waals surface area contributed by atoms with Crippen LogP contribution in [-0.2, 0) is 9.47 Å². The molecular weight excluding hydrogens is 314 g/mol. The zero-order valence-corrected chi connectivity index (χ0v) is 16.6. The lowest BCUT2D eigenvalue weighted by Gasteiger charge is -2.28. The first kappa shape index (κ1) is 20.5. The highest BCUT2D eigenvalue weighted by Gasteiger charge is 2.25. The Balaban J connectivity index is 1.68. The molecule has 0 radical (unpaired) electrons. The van der Waals surface area contributed by atoms with Crippen molar-refractivity contribution in [1.29, 1.82) is 0 Å². The van der Waals surface area contributed by atoms with E-state index in [1.165, 1.54) is 44.9 Å². The highest BCUT2D eigenvalue weighted by Crippen LogP contribution is 2.30. The van der Waals surface area contributed by atoms with E-state index < -0.39 is 0 Å². The molecule has 2 aliphatic rings. The van der Waals surface area contributed by atoms with E-state index in [4.69, 9.17) is 9.47 Å². The molecule has 1 saturated carbocycles. The third-order valence-corrected chi connectivity index (χ3v) is 5.81. The van der Waals surface area contributed by atoms with Crippen LogP contribution in [0, 0.1) is 11.8 Å². The molecule has 0 aromatic heterocycles. The minimum atomic E-state index is 0.408. The van der Waals surface area contributed by atoms with Gasteiger partial charge < -0.3 is 19.7 Å². The first-order chi connectivity index (χ1) is 12.2. The van der Waals surface area contributed by atoms with Gasteiger partial charge >= 0.3 is 0 Å². The van der Waals surface area contributed by atoms with Crippen LogP contribution in [0.2, 0.25) is 0 Å². The van der Waals surface area contributed by atoms with Crippen LogP contribution >= 0.6 is 0 Å². The number of aliphatic imine (C=N–C) groups is 1. The van der Waals surface area contributed by atoms with E-state index >= 15 is 0 Å². The monoisotopic (exact) mass is 353 g/mol. The van der Waals surface area contributed by atoms with Gasteiger partial charge in [-0.25, -0.2) is 0 Å². The maximum atomic E-state index is 6.02. The molecule has 0 bridgehead atoms. The van der Waals surface area contributed by atoms with Crippen molar-refractivity contribution in [3.8, 4) is 0 Å². The molecule has 1 aliphatic carbocycles. The number of nitrogens with one attached hydrogen (secondary N) is 1. The van der Waals surface area contributed by atoms with Crippen molar-refractivity contribution >= 4 is 5.96 Å². The number of ether oxygens (including phenoxy) is 2. The summed E-state index contributed by atoms with van der Waals surface area (Å²) in [4.78, 5) is 6.72. The van der Waals surface area contributed by atoms with Crippen LogP contribution in [0.3, 0.4) is 0 Å². The summed E-state index contributed by atoms with van der Waals surface area (Å²) in [6.45, 7) is 6.79. The van der Waals surface area contributed by atoms with E-state index in [9.17, 15) is 0 Å². The van der Waals surface area contributed by atoms with Gasteiger partial charge in [-0.3, -0.25) is 4.99 Å². The largest absolute Gasteiger partial charge is 0.381 e. The molecule has 0 aromatic carbocycles. The summed E-state index contributed by atoms with van der Waals surface area (Å²) in [7, 11) is 4.02. The van der Waals surface area contributed by atoms with E-state index in [2.05, 4.69) is 29.2 Å². The smallest absolute Gasteiger partial charge is 0.193 e. The van der Waals surface area contributed by atoms with Gasteiger partial charge in [0.15, 0.2) is 5.96 Å². The van der Waals surface area contributed by atoms with Crippen LogP contribution in [0.4, 0.5) is 0 Å². The predicted molar refractivity (Wildman–Crippen MR) is 104 cm³/mol. The summed E-state index contributed by atoms with van der Waals surface area (Å²) < 4.78 is 11.5. The Morgan fingerprint density at radius 1 is 1.24 bits per heavy atom. The molecule has 1 unspecified atom stereocenters. The third-order valence-electron chi connectivity index (χ3n) is 5.81. The SMILES string of the molecule is CCOC(CCNC(=NC)N(C)CCC1CCOCC1)C1CCCC1. The average Bonchev–Trinajstić information content (AvgIpc) is 3.18. The van der Waals surface area contributed by atoms with Crippen molar-refractivity contribution in [2.24, 2.45) is 16.8 Å². The number of rotatable bonds is 9. The highest BCUT2D eigenvalue weighted by molar-refractivity contribution is 5.79. The minimum absolute atomic E-state index is 0.408. The normalized spacial score (nSPS) is 21.5. The van der Waals surface area contributed by atoms with Gasteiger partial charge in [-0.05, 0) is 57.3 Å². The van der Waals surface area contributed by atoms with Gasteiger partial charge in [-0.1, -0.05) is 12.8 Å². The van der Waals surface area contributed by atoms with E-state index in [1.807, 2.05) is 7.05 Å². The number of hydrogen-bond acceptors (Lipinski definition) is 3. The van der Waals surface area contributed by atoms with Crippen molar-refractivity contribution in [2.75, 3.05) is 47.0 Å². The molecule has 1 saturated heterocycles. The standard InChI is InChI=1S/C20H39N3O2/c1-4-25-19(18-7-5-6-8-18)9-13-22-20(21-2)23(3)14-10-17-11-15-24-16-12-17/h17-19H,4-16H2,1-3H3,(H,21,22). The molecule has 1 N–H and O–H groups in total. The Hall–Kier alpha value is -0.810. The Morgan fingerprint density at radius 3 is 2.60 bits per heavy atom. The fraction of sp³-hybridized carbons (Fsp3) is 0.950.